The van der Waals surface area contributed by atoms with E-state index < -0.39 is 5.41 Å². The number of aryl methyl sites for hydroxylation is 2. The summed E-state index contributed by atoms with van der Waals surface area (Å²) in [5, 5.41) is 4.39. The van der Waals surface area contributed by atoms with Crippen LogP contribution in [0.2, 0.25) is 5.02 Å². The average molecular weight is 542 g/mol. The number of nitrogens with one attached hydrogen (secondary N) is 1. The number of benzene rings is 3. The number of nitrogens with zero attached hydrogens (tertiary/aromatic N) is 2. The van der Waals surface area contributed by atoms with Crippen LogP contribution >= 0.6 is 22.9 Å². The van der Waals surface area contributed by atoms with Crippen LogP contribution < -0.4 is 10.2 Å². The van der Waals surface area contributed by atoms with Gasteiger partial charge in [-0.3, -0.25) is 9.59 Å². The van der Waals surface area contributed by atoms with Crippen LogP contribution in [0, 0.1) is 13.8 Å². The van der Waals surface area contributed by atoms with Gasteiger partial charge in [0.05, 0.1) is 11.1 Å². The highest BCUT2D eigenvalue weighted by molar-refractivity contribution is 7.16. The molecule has 3 aromatic carbocycles. The maximum Gasteiger partial charge on any atom is 0.258 e. The molecule has 2 aliphatic rings. The summed E-state index contributed by atoms with van der Waals surface area (Å²) in [4.78, 5) is 34.3. The monoisotopic (exact) mass is 541 g/mol. The Labute approximate surface area is 231 Å². The summed E-state index contributed by atoms with van der Waals surface area (Å²) in [5.74, 6) is 0.0197. The first-order valence-electron chi connectivity index (χ1n) is 12.9. The molecule has 1 fully saturated rings. The van der Waals surface area contributed by atoms with Crippen molar-refractivity contribution in [1.82, 2.24) is 4.98 Å². The fourth-order valence-corrected chi connectivity index (χ4v) is 6.53. The third kappa shape index (κ3) is 4.32. The normalized spacial score (nSPS) is 15.6. The molecular formula is C31H28ClN3O2S. The molecule has 2 amide bonds. The van der Waals surface area contributed by atoms with Gasteiger partial charge in [-0.2, -0.15) is 0 Å². The summed E-state index contributed by atoms with van der Waals surface area (Å²) >= 11 is 7.57. The molecule has 4 aromatic rings. The van der Waals surface area contributed by atoms with E-state index in [9.17, 15) is 9.59 Å². The summed E-state index contributed by atoms with van der Waals surface area (Å²) in [7, 11) is 0. The lowest BCUT2D eigenvalue weighted by Gasteiger charge is -2.40. The predicted octanol–water partition coefficient (Wildman–Crippen LogP) is 7.34. The maximum atomic E-state index is 13.4. The Kier molecular flexibility index (Phi) is 6.33. The summed E-state index contributed by atoms with van der Waals surface area (Å²) in [6, 6.07) is 21.5. The molecule has 192 valence electrons. The standard InChI is InChI=1S/C31H28ClN3O2S/c1-19-5-3-6-23(17-19)28(36)35-16-13-21-18-22(7-12-26(21)35)27-20(2)38-30(33-27)34-29(37)31(14-4-15-31)24-8-10-25(32)11-9-24/h3,5-12,17-18H,4,13-16H2,1-2H3,(H,33,34,37). The van der Waals surface area contributed by atoms with Crippen molar-refractivity contribution in [3.63, 3.8) is 0 Å². The van der Waals surface area contributed by atoms with E-state index in [0.717, 1.165) is 64.2 Å². The van der Waals surface area contributed by atoms with Gasteiger partial charge in [-0.25, -0.2) is 4.98 Å². The van der Waals surface area contributed by atoms with E-state index >= 15 is 0 Å². The summed E-state index contributed by atoms with van der Waals surface area (Å²) in [6.45, 7) is 4.69. The van der Waals surface area contributed by atoms with Gasteiger partial charge < -0.3 is 10.2 Å². The van der Waals surface area contributed by atoms with E-state index in [-0.39, 0.29) is 11.8 Å². The van der Waals surface area contributed by atoms with E-state index in [2.05, 4.69) is 11.4 Å². The lowest BCUT2D eigenvalue weighted by atomic mass is 9.64. The van der Waals surface area contributed by atoms with E-state index in [4.69, 9.17) is 16.6 Å². The first-order chi connectivity index (χ1) is 18.3. The van der Waals surface area contributed by atoms with E-state index in [1.165, 1.54) is 11.3 Å². The smallest absolute Gasteiger partial charge is 0.258 e. The highest BCUT2D eigenvalue weighted by Gasteiger charge is 2.46. The molecule has 0 atom stereocenters. The SMILES string of the molecule is Cc1cccc(C(=O)N2CCc3cc(-c4nc(NC(=O)C5(c6ccc(Cl)cc6)CCC5)sc4C)ccc32)c1. The van der Waals surface area contributed by atoms with Gasteiger partial charge in [-0.05, 0) is 80.6 Å². The lowest BCUT2D eigenvalue weighted by Crippen LogP contribution is -2.45. The van der Waals surface area contributed by atoms with Crippen LogP contribution in [-0.2, 0) is 16.6 Å². The molecule has 1 aliphatic carbocycles. The molecule has 0 unspecified atom stereocenters. The molecule has 0 spiro atoms. The number of aromatic nitrogens is 1. The molecule has 1 N–H and O–H groups in total. The molecule has 7 heteroatoms. The van der Waals surface area contributed by atoms with Crippen molar-refractivity contribution < 1.29 is 9.59 Å². The largest absolute Gasteiger partial charge is 0.308 e. The molecule has 0 radical (unpaired) electrons. The molecule has 6 rings (SSSR count). The van der Waals surface area contributed by atoms with Crippen molar-refractivity contribution in [2.75, 3.05) is 16.8 Å². The number of rotatable bonds is 5. The minimum Gasteiger partial charge on any atom is -0.308 e. The third-order valence-corrected chi connectivity index (χ3v) is 8.95. The summed E-state index contributed by atoms with van der Waals surface area (Å²) in [5.41, 5.74) is 6.22. The number of thiazole rings is 1. The Hall–Kier alpha value is -3.48. The summed E-state index contributed by atoms with van der Waals surface area (Å²) < 4.78 is 0. The number of hydrogen-bond donors (Lipinski definition) is 1. The molecule has 1 saturated carbocycles. The van der Waals surface area contributed by atoms with Crippen molar-refractivity contribution in [2.45, 2.75) is 44.9 Å². The van der Waals surface area contributed by atoms with Crippen molar-refractivity contribution in [3.8, 4) is 11.3 Å². The van der Waals surface area contributed by atoms with Crippen LogP contribution in [0.15, 0.2) is 66.7 Å². The minimum absolute atomic E-state index is 0.00868. The quantitative estimate of drug-likeness (QED) is 0.287. The zero-order valence-electron chi connectivity index (χ0n) is 21.4. The van der Waals surface area contributed by atoms with Crippen molar-refractivity contribution in [3.05, 3.63) is 98.9 Å². The van der Waals surface area contributed by atoms with E-state index in [1.807, 2.05) is 79.4 Å². The molecule has 1 aromatic heterocycles. The van der Waals surface area contributed by atoms with Crippen LogP contribution in [-0.4, -0.2) is 23.3 Å². The highest BCUT2D eigenvalue weighted by atomic mass is 35.5. The van der Waals surface area contributed by atoms with Gasteiger partial charge in [0, 0.05) is 33.3 Å². The van der Waals surface area contributed by atoms with E-state index in [0.29, 0.717) is 22.3 Å². The first kappa shape index (κ1) is 24.8. The zero-order valence-corrected chi connectivity index (χ0v) is 23.0. The molecular weight excluding hydrogens is 514 g/mol. The Morgan fingerprint density at radius 1 is 1.03 bits per heavy atom. The first-order valence-corrected chi connectivity index (χ1v) is 14.1. The molecule has 38 heavy (non-hydrogen) atoms. The molecule has 1 aliphatic heterocycles. The van der Waals surface area contributed by atoms with Crippen LogP contribution in [0.3, 0.4) is 0 Å². The second kappa shape index (κ2) is 9.68. The second-order valence-corrected chi connectivity index (χ2v) is 11.9. The number of fused-ring (bicyclic) bond motifs is 1. The lowest BCUT2D eigenvalue weighted by molar-refractivity contribution is -0.124. The Balaban J connectivity index is 1.22. The Morgan fingerprint density at radius 3 is 2.53 bits per heavy atom. The number of halogens is 1. The average Bonchev–Trinajstić information content (AvgIpc) is 3.46. The van der Waals surface area contributed by atoms with E-state index in [1.54, 1.807) is 0 Å². The fourth-order valence-electron chi connectivity index (χ4n) is 5.57. The van der Waals surface area contributed by atoms with Crippen molar-refractivity contribution >= 4 is 45.6 Å². The third-order valence-electron chi connectivity index (χ3n) is 7.81. The Morgan fingerprint density at radius 2 is 1.82 bits per heavy atom. The maximum absolute atomic E-state index is 13.4. The van der Waals surface area contributed by atoms with Crippen LogP contribution in [0.25, 0.3) is 11.3 Å². The topological polar surface area (TPSA) is 62.3 Å². The van der Waals surface area contributed by atoms with Crippen molar-refractivity contribution in [1.29, 1.82) is 0 Å². The number of carbonyl (C=O) groups excluding carboxylic acids is 2. The molecule has 2 heterocycles. The van der Waals surface area contributed by atoms with Gasteiger partial charge in [0.15, 0.2) is 5.13 Å². The predicted molar refractivity (Wildman–Crippen MR) is 154 cm³/mol. The van der Waals surface area contributed by atoms with Gasteiger partial charge in [-0.1, -0.05) is 53.9 Å². The Bertz CT molecular complexity index is 1560. The second-order valence-electron chi connectivity index (χ2n) is 10.2. The van der Waals surface area contributed by atoms with Gasteiger partial charge in [0.25, 0.3) is 5.91 Å². The van der Waals surface area contributed by atoms with Crippen LogP contribution in [0.5, 0.6) is 0 Å². The fraction of sp³-hybridized carbons (Fsp3) is 0.258. The summed E-state index contributed by atoms with van der Waals surface area (Å²) in [6.07, 6.45) is 3.47. The zero-order chi connectivity index (χ0) is 26.4. The number of amides is 2. The number of anilines is 2. The molecule has 0 bridgehead atoms. The highest BCUT2D eigenvalue weighted by Crippen LogP contribution is 2.45. The minimum atomic E-state index is -0.523. The number of hydrogen-bond acceptors (Lipinski definition) is 4. The van der Waals surface area contributed by atoms with Crippen LogP contribution in [0.1, 0.15) is 51.2 Å². The van der Waals surface area contributed by atoms with Crippen molar-refractivity contribution in [2.24, 2.45) is 0 Å². The molecule has 5 nitrogen and oxygen atoms in total. The van der Waals surface area contributed by atoms with Crippen LogP contribution in [0.4, 0.5) is 10.8 Å². The van der Waals surface area contributed by atoms with Gasteiger partial charge >= 0.3 is 0 Å². The van der Waals surface area contributed by atoms with Gasteiger partial charge in [-0.15, -0.1) is 11.3 Å². The molecule has 0 saturated heterocycles. The van der Waals surface area contributed by atoms with Gasteiger partial charge in [0.1, 0.15) is 0 Å². The number of carbonyl (C=O) groups is 2. The van der Waals surface area contributed by atoms with Gasteiger partial charge in [0.2, 0.25) is 5.91 Å².